The van der Waals surface area contributed by atoms with Crippen LogP contribution in [0.4, 0.5) is 0 Å². The molecule has 2 rings (SSSR count). The van der Waals surface area contributed by atoms with E-state index in [0.29, 0.717) is 6.54 Å². The molecule has 0 heterocycles. The van der Waals surface area contributed by atoms with Gasteiger partial charge in [-0.2, -0.15) is 0 Å². The highest BCUT2D eigenvalue weighted by molar-refractivity contribution is 5.77. The van der Waals surface area contributed by atoms with E-state index in [-0.39, 0.29) is 5.96 Å². The van der Waals surface area contributed by atoms with Crippen molar-refractivity contribution in [2.24, 2.45) is 10.9 Å². The lowest BCUT2D eigenvalue weighted by molar-refractivity contribution is 0.315. The Kier molecular flexibility index (Phi) is 4.25. The van der Waals surface area contributed by atoms with E-state index in [9.17, 15) is 0 Å². The summed E-state index contributed by atoms with van der Waals surface area (Å²) in [6.07, 6.45) is 0. The maximum atomic E-state index is 8.58. The van der Waals surface area contributed by atoms with Crippen LogP contribution in [0.25, 0.3) is 11.1 Å². The van der Waals surface area contributed by atoms with E-state index in [2.05, 4.69) is 59.9 Å². The van der Waals surface area contributed by atoms with E-state index in [1.54, 1.807) is 0 Å². The van der Waals surface area contributed by atoms with Crippen molar-refractivity contribution in [1.82, 2.24) is 5.32 Å². The van der Waals surface area contributed by atoms with E-state index in [4.69, 9.17) is 10.9 Å². The van der Waals surface area contributed by atoms with Gasteiger partial charge in [0.1, 0.15) is 0 Å². The Morgan fingerprint density at radius 1 is 1.10 bits per heavy atom. The van der Waals surface area contributed by atoms with Crippen molar-refractivity contribution in [1.29, 1.82) is 0 Å². The Bertz CT molecular complexity index is 618. The van der Waals surface area contributed by atoms with Gasteiger partial charge in [-0.3, -0.25) is 0 Å². The van der Waals surface area contributed by atoms with Crippen molar-refractivity contribution in [3.63, 3.8) is 0 Å². The van der Waals surface area contributed by atoms with Crippen LogP contribution in [0.2, 0.25) is 0 Å². The number of oxime groups is 1. The number of nitrogens with zero attached hydrogens (tertiary/aromatic N) is 1. The van der Waals surface area contributed by atoms with Gasteiger partial charge in [0.15, 0.2) is 0 Å². The number of rotatable bonds is 3. The fraction of sp³-hybridized carbons (Fsp3) is 0.188. The zero-order chi connectivity index (χ0) is 14.5. The molecule has 4 nitrogen and oxygen atoms in total. The summed E-state index contributed by atoms with van der Waals surface area (Å²) >= 11 is 0. The van der Waals surface area contributed by atoms with E-state index in [1.165, 1.54) is 11.1 Å². The predicted molar refractivity (Wildman–Crippen MR) is 81.6 cm³/mol. The largest absolute Gasteiger partial charge is 0.408 e. The van der Waals surface area contributed by atoms with E-state index >= 15 is 0 Å². The quantitative estimate of drug-likeness (QED) is 0.347. The van der Waals surface area contributed by atoms with Crippen LogP contribution < -0.4 is 11.1 Å². The van der Waals surface area contributed by atoms with Crippen LogP contribution in [0, 0.1) is 13.8 Å². The molecule has 4 heteroatoms. The van der Waals surface area contributed by atoms with Gasteiger partial charge in [-0.05, 0) is 30.5 Å². The molecular weight excluding hydrogens is 250 g/mol. The molecule has 0 bridgehead atoms. The van der Waals surface area contributed by atoms with Crippen molar-refractivity contribution < 1.29 is 5.21 Å². The van der Waals surface area contributed by atoms with Crippen LogP contribution in [0.1, 0.15) is 16.7 Å². The minimum absolute atomic E-state index is 0.0152. The smallest absolute Gasteiger partial charge is 0.230 e. The Morgan fingerprint density at radius 2 is 1.75 bits per heavy atom. The van der Waals surface area contributed by atoms with E-state index in [0.717, 1.165) is 16.7 Å². The molecule has 20 heavy (non-hydrogen) atoms. The lowest BCUT2D eigenvalue weighted by atomic mass is 9.97. The summed E-state index contributed by atoms with van der Waals surface area (Å²) < 4.78 is 0. The lowest BCUT2D eigenvalue weighted by Crippen LogP contribution is -2.31. The summed E-state index contributed by atoms with van der Waals surface area (Å²) in [6.45, 7) is 4.63. The average molecular weight is 269 g/mol. The normalized spacial score (nSPS) is 11.4. The molecule has 2 aromatic carbocycles. The van der Waals surface area contributed by atoms with Gasteiger partial charge in [0, 0.05) is 6.54 Å². The SMILES string of the molecule is Cc1ccc(-c2ccc(C)cc2CN/C(N)=N/O)cc1. The second kappa shape index (κ2) is 6.10. The number of nitrogens with one attached hydrogen (secondary N) is 1. The first-order valence-electron chi connectivity index (χ1n) is 6.48. The number of guanidine groups is 1. The van der Waals surface area contributed by atoms with Gasteiger partial charge in [-0.25, -0.2) is 0 Å². The molecule has 0 fully saturated rings. The van der Waals surface area contributed by atoms with Crippen LogP contribution in [-0.2, 0) is 6.54 Å². The zero-order valence-electron chi connectivity index (χ0n) is 11.7. The molecule has 0 aromatic heterocycles. The number of benzene rings is 2. The maximum absolute atomic E-state index is 8.58. The first-order chi connectivity index (χ1) is 9.60. The molecule has 4 N–H and O–H groups in total. The van der Waals surface area contributed by atoms with Gasteiger partial charge >= 0.3 is 0 Å². The molecule has 0 amide bonds. The van der Waals surface area contributed by atoms with Crippen LogP contribution >= 0.6 is 0 Å². The third-order valence-corrected chi connectivity index (χ3v) is 3.19. The topological polar surface area (TPSA) is 70.6 Å². The molecule has 2 aromatic rings. The zero-order valence-corrected chi connectivity index (χ0v) is 11.7. The molecule has 104 valence electrons. The van der Waals surface area contributed by atoms with Gasteiger partial charge < -0.3 is 16.3 Å². The monoisotopic (exact) mass is 269 g/mol. The highest BCUT2D eigenvalue weighted by atomic mass is 16.4. The maximum Gasteiger partial charge on any atom is 0.230 e. The van der Waals surface area contributed by atoms with E-state index < -0.39 is 0 Å². The Balaban J connectivity index is 2.34. The first-order valence-corrected chi connectivity index (χ1v) is 6.48. The number of hydrogen-bond acceptors (Lipinski definition) is 2. The van der Waals surface area contributed by atoms with Crippen LogP contribution in [0.5, 0.6) is 0 Å². The molecule has 0 saturated heterocycles. The summed E-state index contributed by atoms with van der Waals surface area (Å²) in [6, 6.07) is 14.7. The van der Waals surface area contributed by atoms with Gasteiger partial charge in [0.05, 0.1) is 0 Å². The van der Waals surface area contributed by atoms with Crippen molar-refractivity contribution in [2.45, 2.75) is 20.4 Å². The summed E-state index contributed by atoms with van der Waals surface area (Å²) in [4.78, 5) is 0. The van der Waals surface area contributed by atoms with Crippen LogP contribution in [-0.4, -0.2) is 11.2 Å². The second-order valence-corrected chi connectivity index (χ2v) is 4.87. The van der Waals surface area contributed by atoms with Gasteiger partial charge in [-0.1, -0.05) is 58.7 Å². The number of nitrogens with two attached hydrogens (primary N) is 1. The van der Waals surface area contributed by atoms with Crippen LogP contribution in [0.3, 0.4) is 0 Å². The van der Waals surface area contributed by atoms with Gasteiger partial charge in [0.25, 0.3) is 0 Å². The molecule has 0 aliphatic rings. The molecule has 0 saturated carbocycles. The van der Waals surface area contributed by atoms with Crippen LogP contribution in [0.15, 0.2) is 47.6 Å². The van der Waals surface area contributed by atoms with Crippen molar-refractivity contribution in [2.75, 3.05) is 0 Å². The molecule has 0 aliphatic heterocycles. The summed E-state index contributed by atoms with van der Waals surface area (Å²) in [5, 5.41) is 14.4. The minimum Gasteiger partial charge on any atom is -0.408 e. The fourth-order valence-corrected chi connectivity index (χ4v) is 2.10. The van der Waals surface area contributed by atoms with Crippen molar-refractivity contribution in [3.05, 3.63) is 59.2 Å². The number of aryl methyl sites for hydroxylation is 2. The standard InChI is InChI=1S/C16H19N3O/c1-11-3-6-13(7-4-11)15-8-5-12(2)9-14(15)10-18-16(17)19-20/h3-9,20H,10H2,1-2H3,(H3,17,18,19). The van der Waals surface area contributed by atoms with Gasteiger partial charge in [-0.15, -0.1) is 0 Å². The Hall–Kier alpha value is -2.49. The second-order valence-electron chi connectivity index (χ2n) is 4.87. The highest BCUT2D eigenvalue weighted by Gasteiger charge is 2.06. The Morgan fingerprint density at radius 3 is 2.40 bits per heavy atom. The summed E-state index contributed by atoms with van der Waals surface area (Å²) in [5.41, 5.74) is 11.3. The van der Waals surface area contributed by atoms with E-state index in [1.807, 2.05) is 6.92 Å². The predicted octanol–water partition coefficient (Wildman–Crippen LogP) is 2.76. The lowest BCUT2D eigenvalue weighted by Gasteiger charge is -2.12. The molecule has 0 spiro atoms. The average Bonchev–Trinajstić information content (AvgIpc) is 2.46. The number of hydrogen-bond donors (Lipinski definition) is 3. The first kappa shape index (κ1) is 13.9. The fourth-order valence-electron chi connectivity index (χ4n) is 2.10. The third-order valence-electron chi connectivity index (χ3n) is 3.19. The minimum atomic E-state index is 0.0152. The third kappa shape index (κ3) is 3.29. The van der Waals surface area contributed by atoms with Gasteiger partial charge in [0.2, 0.25) is 5.96 Å². The Labute approximate surface area is 118 Å². The molecule has 0 atom stereocenters. The summed E-state index contributed by atoms with van der Waals surface area (Å²) in [7, 11) is 0. The molecule has 0 aliphatic carbocycles. The molecule has 0 radical (unpaired) electrons. The molecule has 0 unspecified atom stereocenters. The molecular formula is C16H19N3O. The summed E-state index contributed by atoms with van der Waals surface area (Å²) in [5.74, 6) is 0.0152. The van der Waals surface area contributed by atoms with Crippen molar-refractivity contribution in [3.8, 4) is 11.1 Å². The van der Waals surface area contributed by atoms with Crippen molar-refractivity contribution >= 4 is 5.96 Å². The highest BCUT2D eigenvalue weighted by Crippen LogP contribution is 2.25.